The zero-order chi connectivity index (χ0) is 23.3. The predicted molar refractivity (Wildman–Crippen MR) is 123 cm³/mol. The number of anilines is 2. The van der Waals surface area contributed by atoms with E-state index in [1.807, 2.05) is 0 Å². The van der Waals surface area contributed by atoms with Gasteiger partial charge in [0.1, 0.15) is 6.54 Å². The van der Waals surface area contributed by atoms with E-state index in [4.69, 9.17) is 11.6 Å². The minimum absolute atomic E-state index is 0.00265. The number of amides is 1. The van der Waals surface area contributed by atoms with E-state index in [-0.39, 0.29) is 21.2 Å². The highest BCUT2D eigenvalue weighted by Gasteiger charge is 2.29. The normalized spacial score (nSPS) is 11.0. The van der Waals surface area contributed by atoms with Crippen LogP contribution < -0.4 is 9.62 Å². The van der Waals surface area contributed by atoms with Crippen LogP contribution in [0.15, 0.2) is 77.7 Å². The van der Waals surface area contributed by atoms with Crippen LogP contribution in [0.4, 0.5) is 17.1 Å². The van der Waals surface area contributed by atoms with Crippen molar-refractivity contribution in [1.82, 2.24) is 0 Å². The van der Waals surface area contributed by atoms with E-state index in [9.17, 15) is 18.1 Å². The van der Waals surface area contributed by atoms with Gasteiger partial charge in [-0.15, -0.1) is 0 Å². The zero-order valence-electron chi connectivity index (χ0n) is 17.4. The van der Waals surface area contributed by atoms with E-state index in [2.05, 4.69) is 10.2 Å². The average molecular weight is 475 g/mol. The van der Waals surface area contributed by atoms with Crippen molar-refractivity contribution in [2.24, 2.45) is 0 Å². The third-order valence-corrected chi connectivity index (χ3v) is 6.61. The molecule has 1 N–H and O–H groups in total. The molecule has 3 aromatic rings. The number of benzene rings is 3. The lowest BCUT2D eigenvalue weighted by atomic mass is 10.2. The largest absolute Gasteiger partial charge is 0.324 e. The molecule has 10 heteroatoms. The van der Waals surface area contributed by atoms with Crippen LogP contribution in [-0.2, 0) is 19.7 Å². The molecule has 0 aliphatic rings. The highest BCUT2D eigenvalue weighted by Crippen LogP contribution is 2.27. The molecule has 1 amide bonds. The topological polar surface area (TPSA) is 95.8 Å². The van der Waals surface area contributed by atoms with Crippen LogP contribution in [-0.4, -0.2) is 32.9 Å². The first-order valence-corrected chi connectivity index (χ1v) is 11.3. The smallest absolute Gasteiger partial charge is 0.318 e. The molecule has 0 spiro atoms. The number of halogens is 1. The number of aryl methyl sites for hydroxylation is 1. The summed E-state index contributed by atoms with van der Waals surface area (Å²) in [4.78, 5) is 29.6. The fourth-order valence-electron chi connectivity index (χ4n) is 2.95. The highest BCUT2D eigenvalue weighted by atomic mass is 35.5. The number of carbonyl (C=O) groups excluding carboxylic acids is 1. The Kier molecular flexibility index (Phi) is 7.12. The van der Waals surface area contributed by atoms with Gasteiger partial charge < -0.3 is 5.32 Å². The van der Waals surface area contributed by atoms with Crippen LogP contribution in [0, 0.1) is 11.8 Å². The van der Waals surface area contributed by atoms with Crippen molar-refractivity contribution in [2.45, 2.75) is 11.8 Å². The summed E-state index contributed by atoms with van der Waals surface area (Å²) in [6.07, 6.45) is 0. The van der Waals surface area contributed by atoms with Crippen molar-refractivity contribution in [3.8, 4) is 0 Å². The van der Waals surface area contributed by atoms with E-state index in [1.165, 1.54) is 43.5 Å². The van der Waals surface area contributed by atoms with Gasteiger partial charge in [-0.05, 0) is 42.8 Å². The maximum Gasteiger partial charge on any atom is 0.318 e. The molecule has 8 nitrogen and oxygen atoms in total. The molecule has 0 aromatic heterocycles. The lowest BCUT2D eigenvalue weighted by molar-refractivity contribution is -0.736. The maximum absolute atomic E-state index is 13.4. The molecule has 0 aliphatic carbocycles. The molecule has 0 saturated carbocycles. The number of sulfonamides is 1. The second-order valence-electron chi connectivity index (χ2n) is 6.79. The van der Waals surface area contributed by atoms with Gasteiger partial charge in [0.2, 0.25) is 5.91 Å². The number of hydrogen-bond acceptors (Lipinski definition) is 5. The van der Waals surface area contributed by atoms with Gasteiger partial charge in [0, 0.05) is 22.8 Å². The summed E-state index contributed by atoms with van der Waals surface area (Å²) in [7, 11) is -2.93. The molecule has 0 saturated heterocycles. The van der Waals surface area contributed by atoms with Crippen molar-refractivity contribution in [2.75, 3.05) is 23.3 Å². The van der Waals surface area contributed by atoms with E-state index in [0.29, 0.717) is 10.7 Å². The first-order valence-electron chi connectivity index (χ1n) is 9.47. The second kappa shape index (κ2) is 9.80. The van der Waals surface area contributed by atoms with Gasteiger partial charge in [-0.25, -0.2) is 13.3 Å². The van der Waals surface area contributed by atoms with Crippen molar-refractivity contribution in [3.63, 3.8) is 0 Å². The lowest BCUT2D eigenvalue weighted by Crippen LogP contribution is -2.38. The van der Waals surface area contributed by atoms with Gasteiger partial charge in [0.05, 0.1) is 15.5 Å². The summed E-state index contributed by atoms with van der Waals surface area (Å²) in [5.74, 6) is -0.578. The summed E-state index contributed by atoms with van der Waals surface area (Å²) in [6.45, 7) is 1.26. The van der Waals surface area contributed by atoms with Crippen LogP contribution in [0.25, 0.3) is 0 Å². The summed E-state index contributed by atoms with van der Waals surface area (Å²) in [6, 6.07) is 18.5. The molecular formula is C22H21ClN3O5S+. The number of nitrogens with zero attached hydrogens (tertiary/aromatic N) is 2. The first-order chi connectivity index (χ1) is 15.2. The predicted octanol–water partition coefficient (Wildman–Crippen LogP) is 4.45. The SMILES string of the molecule is CO[N+](=O)c1cccc(N(CC(=O)Nc2cc(Cl)ccc2C)S(=O)(=O)c2ccccc2)c1. The molecule has 0 aliphatic heterocycles. The van der Waals surface area contributed by atoms with E-state index >= 15 is 0 Å². The minimum atomic E-state index is -4.12. The third-order valence-electron chi connectivity index (χ3n) is 4.59. The van der Waals surface area contributed by atoms with Crippen LogP contribution >= 0.6 is 11.6 Å². The Balaban J connectivity index is 2.00. The second-order valence-corrected chi connectivity index (χ2v) is 9.09. The molecule has 3 aromatic carbocycles. The van der Waals surface area contributed by atoms with Gasteiger partial charge in [-0.1, -0.05) is 41.9 Å². The molecule has 0 fully saturated rings. The van der Waals surface area contributed by atoms with Gasteiger partial charge in [0.15, 0.2) is 7.11 Å². The highest BCUT2D eigenvalue weighted by molar-refractivity contribution is 7.92. The maximum atomic E-state index is 13.4. The molecule has 0 heterocycles. The quantitative estimate of drug-likeness (QED) is 0.486. The van der Waals surface area contributed by atoms with Crippen LogP contribution in [0.3, 0.4) is 0 Å². The van der Waals surface area contributed by atoms with E-state index < -0.39 is 22.5 Å². The van der Waals surface area contributed by atoms with Gasteiger partial charge >= 0.3 is 5.69 Å². The number of carbonyl (C=O) groups is 1. The van der Waals surface area contributed by atoms with E-state index in [0.717, 1.165) is 9.87 Å². The Morgan fingerprint density at radius 1 is 1.06 bits per heavy atom. The number of hydrogen-bond donors (Lipinski definition) is 1. The van der Waals surface area contributed by atoms with Crippen LogP contribution in [0.1, 0.15) is 5.56 Å². The third kappa shape index (κ3) is 5.24. The number of rotatable bonds is 8. The Bertz CT molecular complexity index is 1250. The Labute approximate surface area is 191 Å². The standard InChI is InChI=1S/C22H20ClN3O5S/c1-16-11-12-17(23)13-21(16)24-22(27)15-25(32(29,30)20-9-4-3-5-10-20)18-7-6-8-19(14-18)26(28)31-2/h3-14H,15H2,1-2H3/p+1. The number of nitrogens with one attached hydrogen (secondary N) is 1. The lowest BCUT2D eigenvalue weighted by Gasteiger charge is -2.24. The molecule has 32 heavy (non-hydrogen) atoms. The first kappa shape index (κ1) is 23.2. The summed E-state index contributed by atoms with van der Waals surface area (Å²) < 4.78 is 27.7. The van der Waals surface area contributed by atoms with Crippen molar-refractivity contribution in [1.29, 1.82) is 0 Å². The molecule has 0 radical (unpaired) electrons. The molecule has 0 bridgehead atoms. The summed E-state index contributed by atoms with van der Waals surface area (Å²) in [5, 5.41) is 3.13. The van der Waals surface area contributed by atoms with Crippen LogP contribution in [0.2, 0.25) is 5.02 Å². The minimum Gasteiger partial charge on any atom is -0.324 e. The molecule has 166 valence electrons. The van der Waals surface area contributed by atoms with Crippen molar-refractivity contribution < 1.29 is 23.0 Å². The Morgan fingerprint density at radius 2 is 1.78 bits per heavy atom. The van der Waals surface area contributed by atoms with Gasteiger partial charge in [0.25, 0.3) is 14.9 Å². The monoisotopic (exact) mass is 474 g/mol. The van der Waals surface area contributed by atoms with E-state index in [1.54, 1.807) is 43.3 Å². The summed E-state index contributed by atoms with van der Waals surface area (Å²) >= 11 is 6.01. The fourth-order valence-corrected chi connectivity index (χ4v) is 4.56. The van der Waals surface area contributed by atoms with Gasteiger partial charge in [-0.2, -0.15) is 0 Å². The Hall–Kier alpha value is -3.43. The molecular weight excluding hydrogens is 454 g/mol. The molecule has 0 unspecified atom stereocenters. The average Bonchev–Trinajstić information content (AvgIpc) is 2.80. The molecule has 3 rings (SSSR count). The zero-order valence-corrected chi connectivity index (χ0v) is 18.9. The Morgan fingerprint density at radius 3 is 2.47 bits per heavy atom. The fraction of sp³-hybridized carbons (Fsp3) is 0.136. The van der Waals surface area contributed by atoms with Gasteiger partial charge in [-0.3, -0.25) is 9.10 Å². The van der Waals surface area contributed by atoms with Crippen molar-refractivity contribution in [3.05, 3.63) is 88.3 Å². The van der Waals surface area contributed by atoms with Crippen LogP contribution in [0.5, 0.6) is 0 Å². The summed E-state index contributed by atoms with van der Waals surface area (Å²) in [5.41, 5.74) is 1.44. The molecule has 0 atom stereocenters. The van der Waals surface area contributed by atoms with Crippen molar-refractivity contribution >= 4 is 44.6 Å².